The van der Waals surface area contributed by atoms with E-state index in [1.54, 1.807) is 6.07 Å². The molecule has 1 aromatic carbocycles. The van der Waals surface area contributed by atoms with Gasteiger partial charge in [0, 0.05) is 23.0 Å². The van der Waals surface area contributed by atoms with E-state index in [0.29, 0.717) is 15.8 Å². The highest BCUT2D eigenvalue weighted by molar-refractivity contribution is 7.89. The quantitative estimate of drug-likeness (QED) is 0.554. The number of hydrogen-bond donors (Lipinski definition) is 3. The summed E-state index contributed by atoms with van der Waals surface area (Å²) in [6.45, 7) is 0. The Bertz CT molecular complexity index is 920. The predicted molar refractivity (Wildman–Crippen MR) is 99.4 cm³/mol. The van der Waals surface area contributed by atoms with Gasteiger partial charge in [0.1, 0.15) is 0 Å². The molecule has 1 heterocycles. The summed E-state index contributed by atoms with van der Waals surface area (Å²) >= 11 is 6.15. The molecule has 1 aliphatic rings. The van der Waals surface area contributed by atoms with E-state index in [4.69, 9.17) is 23.1 Å². The fourth-order valence-corrected chi connectivity index (χ4v) is 4.60. The van der Waals surface area contributed by atoms with Gasteiger partial charge < -0.3 is 11.5 Å². The van der Waals surface area contributed by atoms with E-state index < -0.39 is 10.0 Å². The number of nitrogens with zero attached hydrogens (tertiary/aromatic N) is 2. The molecule has 0 atom stereocenters. The SMILES string of the molecule is NC(N)=Nc1ncc(Cl)c2ccc(S(=O)(=O)NC3CCCCC3)cc12. The fourth-order valence-electron chi connectivity index (χ4n) is 3.06. The van der Waals surface area contributed by atoms with Crippen LogP contribution in [0, 0.1) is 0 Å². The van der Waals surface area contributed by atoms with Gasteiger partial charge in [0.15, 0.2) is 11.8 Å². The monoisotopic (exact) mass is 381 g/mol. The number of pyridine rings is 1. The van der Waals surface area contributed by atoms with Crippen molar-refractivity contribution in [3.8, 4) is 0 Å². The standard InChI is InChI=1S/C16H20ClN5O2S/c17-14-9-20-15(21-16(18)19)13-8-11(6-7-12(13)14)25(23,24)22-10-4-2-1-3-5-10/h6-10,22H,1-5H2,(H4,18,19,20,21). The van der Waals surface area contributed by atoms with Crippen molar-refractivity contribution in [1.29, 1.82) is 0 Å². The normalized spacial score (nSPS) is 16.0. The second-order valence-electron chi connectivity index (χ2n) is 6.13. The molecular weight excluding hydrogens is 362 g/mol. The third kappa shape index (κ3) is 4.02. The average Bonchev–Trinajstić information content (AvgIpc) is 2.57. The number of aliphatic imine (C=N–C) groups is 1. The number of hydrogen-bond acceptors (Lipinski definition) is 4. The van der Waals surface area contributed by atoms with Gasteiger partial charge in [0.25, 0.3) is 0 Å². The first-order chi connectivity index (χ1) is 11.9. The van der Waals surface area contributed by atoms with Crippen LogP contribution in [0.4, 0.5) is 5.82 Å². The van der Waals surface area contributed by atoms with Gasteiger partial charge in [-0.25, -0.2) is 18.1 Å². The zero-order valence-electron chi connectivity index (χ0n) is 13.6. The first-order valence-electron chi connectivity index (χ1n) is 8.07. The minimum absolute atomic E-state index is 0.0240. The molecule has 0 saturated heterocycles. The molecule has 0 unspecified atom stereocenters. The van der Waals surface area contributed by atoms with Crippen LogP contribution in [0.25, 0.3) is 10.8 Å². The average molecular weight is 382 g/mol. The molecule has 5 N–H and O–H groups in total. The van der Waals surface area contributed by atoms with E-state index in [1.807, 2.05) is 0 Å². The maximum absolute atomic E-state index is 12.7. The molecule has 1 aliphatic carbocycles. The summed E-state index contributed by atoms with van der Waals surface area (Å²) in [5.74, 6) is 0.0684. The van der Waals surface area contributed by atoms with Crippen LogP contribution in [0.15, 0.2) is 34.3 Å². The number of guanidine groups is 1. The first kappa shape index (κ1) is 17.9. The first-order valence-corrected chi connectivity index (χ1v) is 9.93. The van der Waals surface area contributed by atoms with E-state index >= 15 is 0 Å². The zero-order valence-corrected chi connectivity index (χ0v) is 15.1. The van der Waals surface area contributed by atoms with Crippen molar-refractivity contribution < 1.29 is 8.42 Å². The molecule has 0 amide bonds. The molecule has 0 aliphatic heterocycles. The molecule has 7 nitrogen and oxygen atoms in total. The van der Waals surface area contributed by atoms with E-state index in [9.17, 15) is 8.42 Å². The summed E-state index contributed by atoms with van der Waals surface area (Å²) in [4.78, 5) is 8.19. The number of nitrogens with one attached hydrogen (secondary N) is 1. The van der Waals surface area contributed by atoms with Crippen LogP contribution in [-0.4, -0.2) is 25.4 Å². The van der Waals surface area contributed by atoms with Crippen molar-refractivity contribution >= 4 is 44.2 Å². The molecule has 0 bridgehead atoms. The Balaban J connectivity index is 2.03. The van der Waals surface area contributed by atoms with Crippen molar-refractivity contribution in [2.24, 2.45) is 16.5 Å². The lowest BCUT2D eigenvalue weighted by atomic mass is 9.96. The molecule has 1 saturated carbocycles. The van der Waals surface area contributed by atoms with E-state index in [2.05, 4.69) is 14.7 Å². The third-order valence-corrected chi connectivity index (χ3v) is 6.08. The number of aromatic nitrogens is 1. The van der Waals surface area contributed by atoms with E-state index in [0.717, 1.165) is 32.1 Å². The summed E-state index contributed by atoms with van der Waals surface area (Å²) in [7, 11) is -3.64. The summed E-state index contributed by atoms with van der Waals surface area (Å²) in [5, 5.41) is 1.51. The Hall–Kier alpha value is -1.90. The van der Waals surface area contributed by atoms with Crippen molar-refractivity contribution in [3.63, 3.8) is 0 Å². The molecule has 25 heavy (non-hydrogen) atoms. The molecule has 1 aromatic heterocycles. The van der Waals surface area contributed by atoms with Gasteiger partial charge in [-0.3, -0.25) is 0 Å². The molecule has 1 fully saturated rings. The van der Waals surface area contributed by atoms with E-state index in [-0.39, 0.29) is 22.7 Å². The number of nitrogens with two attached hydrogens (primary N) is 2. The number of fused-ring (bicyclic) bond motifs is 1. The smallest absolute Gasteiger partial charge is 0.240 e. The lowest BCUT2D eigenvalue weighted by Crippen LogP contribution is -2.36. The topological polar surface area (TPSA) is 123 Å². The third-order valence-electron chi connectivity index (χ3n) is 4.26. The van der Waals surface area contributed by atoms with Gasteiger partial charge >= 0.3 is 0 Å². The van der Waals surface area contributed by atoms with Crippen LogP contribution in [0.2, 0.25) is 5.02 Å². The second kappa shape index (κ2) is 7.15. The van der Waals surface area contributed by atoms with Crippen LogP contribution in [0.3, 0.4) is 0 Å². The Kier molecular flexibility index (Phi) is 5.12. The molecule has 0 spiro atoms. The molecule has 3 rings (SSSR count). The van der Waals surface area contributed by atoms with Crippen molar-refractivity contribution in [1.82, 2.24) is 9.71 Å². The number of sulfonamides is 1. The van der Waals surface area contributed by atoms with Gasteiger partial charge in [-0.1, -0.05) is 36.9 Å². The molecule has 0 radical (unpaired) electrons. The zero-order chi connectivity index (χ0) is 18.0. The predicted octanol–water partition coefficient (Wildman–Crippen LogP) is 2.40. The van der Waals surface area contributed by atoms with Gasteiger partial charge in [-0.15, -0.1) is 0 Å². The largest absolute Gasteiger partial charge is 0.370 e. The fraction of sp³-hybridized carbons (Fsp3) is 0.375. The highest BCUT2D eigenvalue weighted by atomic mass is 35.5. The Morgan fingerprint density at radius 2 is 1.92 bits per heavy atom. The van der Waals surface area contributed by atoms with E-state index in [1.165, 1.54) is 18.3 Å². The van der Waals surface area contributed by atoms with Crippen molar-refractivity contribution in [3.05, 3.63) is 29.4 Å². The van der Waals surface area contributed by atoms with Crippen molar-refractivity contribution in [2.75, 3.05) is 0 Å². The van der Waals surface area contributed by atoms with Crippen LogP contribution < -0.4 is 16.2 Å². The number of rotatable bonds is 4. The molecule has 9 heteroatoms. The second-order valence-corrected chi connectivity index (χ2v) is 8.25. The summed E-state index contributed by atoms with van der Waals surface area (Å²) in [6.07, 6.45) is 6.39. The minimum atomic E-state index is -3.64. The summed E-state index contributed by atoms with van der Waals surface area (Å²) in [6, 6.07) is 4.64. The molecule has 134 valence electrons. The van der Waals surface area contributed by atoms with Gasteiger partial charge in [0.05, 0.1) is 9.92 Å². The Labute approximate surface area is 151 Å². The Morgan fingerprint density at radius 3 is 2.60 bits per heavy atom. The lowest BCUT2D eigenvalue weighted by Gasteiger charge is -2.22. The van der Waals surface area contributed by atoms with Crippen LogP contribution in [-0.2, 0) is 10.0 Å². The lowest BCUT2D eigenvalue weighted by molar-refractivity contribution is 0.412. The summed E-state index contributed by atoms with van der Waals surface area (Å²) in [5.41, 5.74) is 10.9. The maximum Gasteiger partial charge on any atom is 0.240 e. The number of benzene rings is 1. The van der Waals surface area contributed by atoms with Crippen LogP contribution in [0.1, 0.15) is 32.1 Å². The van der Waals surface area contributed by atoms with Crippen LogP contribution >= 0.6 is 11.6 Å². The van der Waals surface area contributed by atoms with Crippen LogP contribution in [0.5, 0.6) is 0 Å². The van der Waals surface area contributed by atoms with Crippen molar-refractivity contribution in [2.45, 2.75) is 43.0 Å². The maximum atomic E-state index is 12.7. The summed E-state index contributed by atoms with van der Waals surface area (Å²) < 4.78 is 28.2. The van der Waals surface area contributed by atoms with Gasteiger partial charge in [-0.05, 0) is 25.0 Å². The molecule has 2 aromatic rings. The Morgan fingerprint density at radius 1 is 1.20 bits per heavy atom. The minimum Gasteiger partial charge on any atom is -0.370 e. The van der Waals surface area contributed by atoms with Gasteiger partial charge in [-0.2, -0.15) is 4.99 Å². The van der Waals surface area contributed by atoms with Gasteiger partial charge in [0.2, 0.25) is 10.0 Å². The highest BCUT2D eigenvalue weighted by Gasteiger charge is 2.22. The highest BCUT2D eigenvalue weighted by Crippen LogP contribution is 2.31. The molecular formula is C16H20ClN5O2S. The number of halogens is 1.